The van der Waals surface area contributed by atoms with Crippen molar-refractivity contribution >= 4 is 23.4 Å². The summed E-state index contributed by atoms with van der Waals surface area (Å²) >= 11 is 0. The first-order valence-corrected chi connectivity index (χ1v) is 7.46. The molecule has 0 aromatic rings. The zero-order chi connectivity index (χ0) is 18.6. The van der Waals surface area contributed by atoms with Gasteiger partial charge in [-0.2, -0.15) is 6.42 Å². The van der Waals surface area contributed by atoms with E-state index in [-0.39, 0.29) is 27.5 Å². The maximum atomic E-state index is 12.7. The van der Waals surface area contributed by atoms with Crippen LogP contribution in [-0.4, -0.2) is 34.6 Å². The van der Waals surface area contributed by atoms with Gasteiger partial charge in [0.05, 0.1) is 0 Å². The van der Waals surface area contributed by atoms with Crippen LogP contribution in [0.1, 0.15) is 61.3 Å². The fourth-order valence-electron chi connectivity index (χ4n) is 1.88. The van der Waals surface area contributed by atoms with E-state index in [1.165, 1.54) is 6.92 Å². The quantitative estimate of drug-likeness (QED) is 0.238. The number of carbonyl (C=O) groups excluding carboxylic acids is 3. The van der Waals surface area contributed by atoms with Crippen molar-refractivity contribution in [3.63, 3.8) is 0 Å². The molecule has 0 aliphatic carbocycles. The number of esters is 2. The third kappa shape index (κ3) is 7.25. The van der Waals surface area contributed by atoms with Crippen molar-refractivity contribution in [2.24, 2.45) is 5.41 Å². The van der Waals surface area contributed by atoms with E-state index in [1.54, 1.807) is 41.5 Å². The van der Waals surface area contributed by atoms with Gasteiger partial charge in [0.15, 0.2) is 5.41 Å². The smallest absolute Gasteiger partial charge is 0.812 e. The van der Waals surface area contributed by atoms with E-state index in [2.05, 4.69) is 6.92 Å². The SMILES string of the molecule is [CH2-]CC(=[N-])C(CC(C)=O)(C(=O)OC(C)(C)C)C(=O)OC(C)(C)C.[W+2]. The van der Waals surface area contributed by atoms with Crippen LogP contribution in [0.5, 0.6) is 0 Å². The van der Waals surface area contributed by atoms with Crippen molar-refractivity contribution in [1.29, 1.82) is 0 Å². The molecule has 0 unspecified atom stereocenters. The van der Waals surface area contributed by atoms with Crippen molar-refractivity contribution in [2.45, 2.75) is 72.5 Å². The number of hydrogen-bond acceptors (Lipinski definition) is 5. The Labute approximate surface area is 158 Å². The van der Waals surface area contributed by atoms with Crippen LogP contribution >= 0.6 is 0 Å². The van der Waals surface area contributed by atoms with Crippen molar-refractivity contribution in [2.75, 3.05) is 0 Å². The van der Waals surface area contributed by atoms with Crippen LogP contribution in [0.15, 0.2) is 0 Å². The summed E-state index contributed by atoms with van der Waals surface area (Å²) in [6.45, 7) is 14.5. The molecule has 0 aliphatic heterocycles. The fourth-order valence-corrected chi connectivity index (χ4v) is 1.88. The van der Waals surface area contributed by atoms with E-state index in [0.717, 1.165) is 0 Å². The van der Waals surface area contributed by atoms with Gasteiger partial charge in [-0.3, -0.25) is 14.4 Å². The number of ketones is 1. The van der Waals surface area contributed by atoms with Crippen LogP contribution in [0.4, 0.5) is 0 Å². The molecule has 24 heavy (non-hydrogen) atoms. The standard InChI is InChI=1S/C17H27NO5.W/c1-9-12(18)17(10-11(2)19,13(20)22-15(3,4)5)14(21)23-16(6,7)8;/h1,9-10H2,2-8H3;/q-2;+2. The molecule has 0 saturated heterocycles. The van der Waals surface area contributed by atoms with Gasteiger partial charge in [-0.1, -0.05) is 0 Å². The number of rotatable bonds is 6. The normalized spacial score (nSPS) is 12.0. The van der Waals surface area contributed by atoms with Gasteiger partial charge in [0.25, 0.3) is 0 Å². The average Bonchev–Trinajstić information content (AvgIpc) is 2.29. The summed E-state index contributed by atoms with van der Waals surface area (Å²) in [7, 11) is 0. The molecule has 0 aromatic carbocycles. The molecule has 136 valence electrons. The molecule has 0 atom stereocenters. The van der Waals surface area contributed by atoms with Crippen LogP contribution in [0.2, 0.25) is 0 Å². The van der Waals surface area contributed by atoms with Crippen molar-refractivity contribution in [3.8, 4) is 0 Å². The summed E-state index contributed by atoms with van der Waals surface area (Å²) in [6, 6.07) is 0. The fraction of sp³-hybridized carbons (Fsp3) is 0.706. The Morgan fingerprint density at radius 3 is 1.46 bits per heavy atom. The van der Waals surface area contributed by atoms with Gasteiger partial charge < -0.3 is 21.8 Å². The molecule has 0 N–H and O–H groups in total. The molecule has 0 spiro atoms. The van der Waals surface area contributed by atoms with Gasteiger partial charge in [0.1, 0.15) is 17.0 Å². The van der Waals surface area contributed by atoms with Crippen molar-refractivity contribution < 1.29 is 44.9 Å². The Morgan fingerprint density at radius 2 is 1.25 bits per heavy atom. The Morgan fingerprint density at radius 1 is 0.917 bits per heavy atom. The Balaban J connectivity index is 0. The number of nitrogens with zero attached hydrogens (tertiary/aromatic N) is 1. The molecule has 0 aliphatic rings. The first-order valence-electron chi connectivity index (χ1n) is 7.46. The van der Waals surface area contributed by atoms with E-state index < -0.39 is 46.5 Å². The molecule has 6 nitrogen and oxygen atoms in total. The predicted molar refractivity (Wildman–Crippen MR) is 87.8 cm³/mol. The van der Waals surface area contributed by atoms with Gasteiger partial charge in [0, 0.05) is 6.42 Å². The molecule has 0 saturated carbocycles. The topological polar surface area (TPSA) is 92.0 Å². The van der Waals surface area contributed by atoms with Gasteiger partial charge in [-0.25, -0.2) is 5.71 Å². The van der Waals surface area contributed by atoms with E-state index >= 15 is 0 Å². The zero-order valence-corrected chi connectivity index (χ0v) is 18.5. The van der Waals surface area contributed by atoms with Gasteiger partial charge in [0.2, 0.25) is 0 Å². The maximum absolute atomic E-state index is 12.7. The molecule has 0 aromatic heterocycles. The second kappa shape index (κ2) is 8.89. The van der Waals surface area contributed by atoms with E-state index in [0.29, 0.717) is 0 Å². The van der Waals surface area contributed by atoms with Crippen LogP contribution in [0, 0.1) is 12.3 Å². The van der Waals surface area contributed by atoms with Crippen LogP contribution < -0.4 is 0 Å². The van der Waals surface area contributed by atoms with Gasteiger partial charge >= 0.3 is 33.0 Å². The minimum absolute atomic E-state index is 0. The summed E-state index contributed by atoms with van der Waals surface area (Å²) in [5.74, 6) is -2.49. The summed E-state index contributed by atoms with van der Waals surface area (Å²) in [4.78, 5) is 37.0. The van der Waals surface area contributed by atoms with E-state index in [9.17, 15) is 19.8 Å². The molecular formula is C17H27NO5W. The molecule has 0 rings (SSSR count). The third-order valence-electron chi connectivity index (χ3n) is 2.74. The van der Waals surface area contributed by atoms with Crippen molar-refractivity contribution in [1.82, 2.24) is 0 Å². The molecule has 0 radical (unpaired) electrons. The van der Waals surface area contributed by atoms with Crippen LogP contribution in [0.3, 0.4) is 0 Å². The minimum atomic E-state index is -2.20. The average molecular weight is 509 g/mol. The largest absolute Gasteiger partial charge is 2.00 e. The monoisotopic (exact) mass is 509 g/mol. The van der Waals surface area contributed by atoms with Crippen LogP contribution in [-0.2, 0) is 44.9 Å². The second-order valence-electron chi connectivity index (χ2n) is 7.48. The Hall–Kier alpha value is -1.03. The summed E-state index contributed by atoms with van der Waals surface area (Å²) in [6.07, 6.45) is -0.774. The third-order valence-corrected chi connectivity index (χ3v) is 2.74. The second-order valence-corrected chi connectivity index (χ2v) is 7.48. The van der Waals surface area contributed by atoms with Crippen LogP contribution in [0.25, 0.3) is 5.41 Å². The van der Waals surface area contributed by atoms with Gasteiger partial charge in [-0.05, 0) is 48.5 Å². The molecule has 0 fully saturated rings. The number of ether oxygens (including phenoxy) is 2. The number of carbonyl (C=O) groups is 3. The van der Waals surface area contributed by atoms with Gasteiger partial charge in [-0.15, -0.1) is 0 Å². The predicted octanol–water partition coefficient (Wildman–Crippen LogP) is 2.87. The van der Waals surface area contributed by atoms with E-state index in [4.69, 9.17) is 9.47 Å². The first kappa shape index (κ1) is 25.2. The van der Waals surface area contributed by atoms with E-state index in [1.807, 2.05) is 0 Å². The Kier molecular flexibility index (Phi) is 9.34. The maximum Gasteiger partial charge on any atom is 2.00 e. The summed E-state index contributed by atoms with van der Waals surface area (Å²) in [5.41, 5.74) is -4.55. The molecule has 0 amide bonds. The minimum Gasteiger partial charge on any atom is -0.812 e. The summed E-state index contributed by atoms with van der Waals surface area (Å²) < 4.78 is 10.5. The molecule has 0 bridgehead atoms. The molecule has 0 heterocycles. The Bertz CT molecular complexity index is 472. The molecule has 7 heteroatoms. The van der Waals surface area contributed by atoms with Crippen molar-refractivity contribution in [3.05, 3.63) is 12.3 Å². The molecular weight excluding hydrogens is 482 g/mol. The summed E-state index contributed by atoms with van der Waals surface area (Å²) in [5, 5.41) is 10.3. The number of Topliss-reactive ketones (excluding diaryl/α,β-unsaturated/α-hetero) is 1. The number of hydrogen-bond donors (Lipinski definition) is 0. The zero-order valence-electron chi connectivity index (χ0n) is 15.5. The first-order chi connectivity index (χ1) is 10.2.